The van der Waals surface area contributed by atoms with Gasteiger partial charge in [-0.05, 0) is 62.1 Å². The molecule has 186 valence electrons. The summed E-state index contributed by atoms with van der Waals surface area (Å²) in [6.07, 6.45) is 2.47. The monoisotopic (exact) mass is 519 g/mol. The molecule has 2 aliphatic heterocycles. The van der Waals surface area contributed by atoms with E-state index in [0.717, 1.165) is 12.8 Å². The molecule has 0 saturated carbocycles. The summed E-state index contributed by atoms with van der Waals surface area (Å²) in [5, 5.41) is 0.347. The lowest BCUT2D eigenvalue weighted by atomic mass is 10.2. The summed E-state index contributed by atoms with van der Waals surface area (Å²) >= 11 is 1.22. The maximum atomic E-state index is 14.3. The molecule has 3 heterocycles. The van der Waals surface area contributed by atoms with Crippen molar-refractivity contribution in [2.24, 2.45) is 0 Å². The molecule has 2 unspecified atom stereocenters. The highest BCUT2D eigenvalue weighted by Crippen LogP contribution is 2.34. The standard InChI is InChI=1S/C24H26FN3O5S2/c1-32-16-9-11-18(12-10-16)35(30,31)28-13-3-7-20(28)23(29)27(15-17-5-4-14-33-17)24-26-22-19(25)6-2-8-21(22)34-24/h2,6,8-12,17,20H,3-5,7,13-15H2,1H3. The Balaban J connectivity index is 1.48. The van der Waals surface area contributed by atoms with E-state index < -0.39 is 21.9 Å². The van der Waals surface area contributed by atoms with E-state index in [1.54, 1.807) is 24.3 Å². The van der Waals surface area contributed by atoms with Gasteiger partial charge >= 0.3 is 0 Å². The first-order valence-corrected chi connectivity index (χ1v) is 13.8. The van der Waals surface area contributed by atoms with Crippen LogP contribution in [0.1, 0.15) is 25.7 Å². The van der Waals surface area contributed by atoms with Crippen molar-refractivity contribution in [2.75, 3.05) is 31.7 Å². The summed E-state index contributed by atoms with van der Waals surface area (Å²) in [4.78, 5) is 19.9. The molecule has 0 spiro atoms. The van der Waals surface area contributed by atoms with Gasteiger partial charge in [0.05, 0.1) is 29.4 Å². The van der Waals surface area contributed by atoms with E-state index in [1.807, 2.05) is 0 Å². The van der Waals surface area contributed by atoms with Crippen molar-refractivity contribution in [3.05, 3.63) is 48.3 Å². The first-order valence-electron chi connectivity index (χ1n) is 11.5. The third-order valence-electron chi connectivity index (χ3n) is 6.42. The first kappa shape index (κ1) is 24.1. The van der Waals surface area contributed by atoms with Crippen LogP contribution in [0.15, 0.2) is 47.4 Å². The number of fused-ring (bicyclic) bond motifs is 1. The van der Waals surface area contributed by atoms with Gasteiger partial charge in [0, 0.05) is 13.2 Å². The molecule has 1 amide bonds. The minimum atomic E-state index is -3.91. The van der Waals surface area contributed by atoms with Crippen molar-refractivity contribution in [3.8, 4) is 5.75 Å². The zero-order chi connectivity index (χ0) is 24.6. The average molecular weight is 520 g/mol. The third-order valence-corrected chi connectivity index (χ3v) is 9.39. The number of nitrogens with zero attached hydrogens (tertiary/aromatic N) is 3. The van der Waals surface area contributed by atoms with Gasteiger partial charge in [0.15, 0.2) is 5.13 Å². The first-order chi connectivity index (χ1) is 16.9. The predicted molar refractivity (Wildman–Crippen MR) is 131 cm³/mol. The zero-order valence-corrected chi connectivity index (χ0v) is 20.9. The maximum absolute atomic E-state index is 14.3. The number of hydrogen-bond acceptors (Lipinski definition) is 7. The lowest BCUT2D eigenvalue weighted by Crippen LogP contribution is -2.49. The van der Waals surface area contributed by atoms with Crippen molar-refractivity contribution in [1.29, 1.82) is 0 Å². The Hall–Kier alpha value is -2.60. The Morgan fingerprint density at radius 3 is 2.71 bits per heavy atom. The summed E-state index contributed by atoms with van der Waals surface area (Å²) in [6, 6.07) is 9.94. The van der Waals surface area contributed by atoms with E-state index >= 15 is 0 Å². The number of carbonyl (C=O) groups is 1. The van der Waals surface area contributed by atoms with E-state index in [0.29, 0.717) is 35.0 Å². The number of halogens is 1. The lowest BCUT2D eigenvalue weighted by molar-refractivity contribution is -0.122. The largest absolute Gasteiger partial charge is 0.497 e. The quantitative estimate of drug-likeness (QED) is 0.472. The van der Waals surface area contributed by atoms with E-state index in [9.17, 15) is 17.6 Å². The highest BCUT2D eigenvalue weighted by atomic mass is 32.2. The molecule has 2 aliphatic rings. The molecule has 0 N–H and O–H groups in total. The summed E-state index contributed by atoms with van der Waals surface area (Å²) < 4.78 is 54.1. The van der Waals surface area contributed by atoms with Crippen LogP contribution in [0.3, 0.4) is 0 Å². The summed E-state index contributed by atoms with van der Waals surface area (Å²) in [5.41, 5.74) is 0.201. The predicted octanol–water partition coefficient (Wildman–Crippen LogP) is 3.81. The second-order valence-electron chi connectivity index (χ2n) is 8.62. The van der Waals surface area contributed by atoms with Gasteiger partial charge in [-0.1, -0.05) is 17.4 Å². The number of methoxy groups -OCH3 is 1. The van der Waals surface area contributed by atoms with Crippen LogP contribution in [-0.4, -0.2) is 62.6 Å². The molecular weight excluding hydrogens is 493 g/mol. The molecule has 0 radical (unpaired) electrons. The van der Waals surface area contributed by atoms with Gasteiger partial charge in [0.2, 0.25) is 15.9 Å². The topological polar surface area (TPSA) is 89.0 Å². The van der Waals surface area contributed by atoms with E-state index in [4.69, 9.17) is 9.47 Å². The molecule has 3 aromatic rings. The van der Waals surface area contributed by atoms with Crippen LogP contribution in [0, 0.1) is 5.82 Å². The minimum Gasteiger partial charge on any atom is -0.497 e. The number of ether oxygens (including phenoxy) is 2. The molecule has 2 aromatic carbocycles. The van der Waals surface area contributed by atoms with E-state index in [-0.39, 0.29) is 35.5 Å². The number of sulfonamides is 1. The summed E-state index contributed by atoms with van der Waals surface area (Å²) in [6.45, 7) is 1.10. The lowest BCUT2D eigenvalue weighted by Gasteiger charge is -2.29. The van der Waals surface area contributed by atoms with Gasteiger partial charge in [-0.25, -0.2) is 17.8 Å². The van der Waals surface area contributed by atoms with Crippen molar-refractivity contribution in [3.63, 3.8) is 0 Å². The van der Waals surface area contributed by atoms with Gasteiger partial charge in [-0.15, -0.1) is 0 Å². The fourth-order valence-corrected chi connectivity index (χ4v) is 7.26. The number of benzene rings is 2. The average Bonchev–Trinajstić information content (AvgIpc) is 3.63. The van der Waals surface area contributed by atoms with Gasteiger partial charge in [-0.3, -0.25) is 9.69 Å². The molecule has 2 fully saturated rings. The van der Waals surface area contributed by atoms with Crippen molar-refractivity contribution < 1.29 is 27.1 Å². The van der Waals surface area contributed by atoms with Gasteiger partial charge in [0.25, 0.3) is 0 Å². The summed E-state index contributed by atoms with van der Waals surface area (Å²) in [7, 11) is -2.40. The van der Waals surface area contributed by atoms with E-state index in [1.165, 1.54) is 45.9 Å². The Morgan fingerprint density at radius 2 is 2.03 bits per heavy atom. The normalized spacial score (nSPS) is 21.0. The van der Waals surface area contributed by atoms with Crippen molar-refractivity contribution >= 4 is 42.6 Å². The molecule has 2 atom stereocenters. The number of thiazole rings is 1. The number of hydrogen-bond donors (Lipinski definition) is 0. The second kappa shape index (κ2) is 9.81. The molecule has 5 rings (SSSR count). The Labute approximate surface area is 207 Å². The molecule has 8 nitrogen and oxygen atoms in total. The van der Waals surface area contributed by atoms with Crippen molar-refractivity contribution in [2.45, 2.75) is 42.7 Å². The molecular formula is C24H26FN3O5S2. The van der Waals surface area contributed by atoms with Crippen molar-refractivity contribution in [1.82, 2.24) is 9.29 Å². The Bertz CT molecular complexity index is 1320. The zero-order valence-electron chi connectivity index (χ0n) is 19.2. The Morgan fingerprint density at radius 1 is 1.23 bits per heavy atom. The number of amides is 1. The third kappa shape index (κ3) is 4.65. The van der Waals surface area contributed by atoms with Gasteiger partial charge < -0.3 is 9.47 Å². The molecule has 2 saturated heterocycles. The van der Waals surface area contributed by atoms with Crippen LogP contribution in [0.25, 0.3) is 10.2 Å². The maximum Gasteiger partial charge on any atom is 0.247 e. The number of rotatable bonds is 7. The highest BCUT2D eigenvalue weighted by molar-refractivity contribution is 7.89. The van der Waals surface area contributed by atoms with E-state index in [2.05, 4.69) is 4.98 Å². The molecule has 1 aromatic heterocycles. The number of aromatic nitrogens is 1. The number of para-hydroxylation sites is 1. The molecule has 0 aliphatic carbocycles. The fourth-order valence-electron chi connectivity index (χ4n) is 4.61. The fraction of sp³-hybridized carbons (Fsp3) is 0.417. The van der Waals surface area contributed by atoms with Gasteiger partial charge in [0.1, 0.15) is 23.1 Å². The smallest absolute Gasteiger partial charge is 0.247 e. The van der Waals surface area contributed by atoms with Crippen LogP contribution in [-0.2, 0) is 19.6 Å². The minimum absolute atomic E-state index is 0.103. The molecule has 11 heteroatoms. The van der Waals surface area contributed by atoms with Crippen LogP contribution < -0.4 is 9.64 Å². The van der Waals surface area contributed by atoms with Crippen LogP contribution in [0.5, 0.6) is 5.75 Å². The molecule has 35 heavy (non-hydrogen) atoms. The number of anilines is 1. The Kier molecular flexibility index (Phi) is 6.75. The molecule has 0 bridgehead atoms. The summed E-state index contributed by atoms with van der Waals surface area (Å²) in [5.74, 6) is -0.280. The van der Waals surface area contributed by atoms with Crippen LogP contribution >= 0.6 is 11.3 Å². The van der Waals surface area contributed by atoms with Crippen LogP contribution in [0.4, 0.5) is 9.52 Å². The van der Waals surface area contributed by atoms with Gasteiger partial charge in [-0.2, -0.15) is 4.31 Å². The van der Waals surface area contributed by atoms with Crippen LogP contribution in [0.2, 0.25) is 0 Å². The number of carbonyl (C=O) groups excluding carboxylic acids is 1. The second-order valence-corrected chi connectivity index (χ2v) is 11.5. The SMILES string of the molecule is COc1ccc(S(=O)(=O)N2CCCC2C(=O)N(CC2CCCO2)c2nc3c(F)cccc3s2)cc1. The highest BCUT2D eigenvalue weighted by Gasteiger charge is 2.42.